The molecule has 0 spiro atoms. The predicted octanol–water partition coefficient (Wildman–Crippen LogP) is 2.43. The Balaban J connectivity index is 2.08. The molecule has 0 aliphatic carbocycles. The molecule has 6 heteroatoms. The van der Waals surface area contributed by atoms with Crippen molar-refractivity contribution in [2.45, 2.75) is 6.54 Å². The van der Waals surface area contributed by atoms with Crippen LogP contribution in [0.4, 0.5) is 13.2 Å². The van der Waals surface area contributed by atoms with E-state index in [4.69, 9.17) is 0 Å². The number of benzene rings is 1. The average molecular weight is 266 g/mol. The summed E-state index contributed by atoms with van der Waals surface area (Å²) in [6, 6.07) is 6.44. The van der Waals surface area contributed by atoms with Crippen molar-refractivity contribution >= 4 is 5.91 Å². The monoisotopic (exact) mass is 266 g/mol. The summed E-state index contributed by atoms with van der Waals surface area (Å²) in [5.41, 5.74) is 0.311. The molecule has 2 rings (SSSR count). The van der Waals surface area contributed by atoms with Gasteiger partial charge in [0.1, 0.15) is 0 Å². The van der Waals surface area contributed by atoms with Crippen LogP contribution in [0.5, 0.6) is 0 Å². The Morgan fingerprint density at radius 2 is 1.84 bits per heavy atom. The highest BCUT2D eigenvalue weighted by Gasteiger charge is 2.14. The maximum Gasteiger partial charge on any atom is 0.251 e. The minimum absolute atomic E-state index is 0.111. The summed E-state index contributed by atoms with van der Waals surface area (Å²) in [4.78, 5) is 15.6. The second-order valence-electron chi connectivity index (χ2n) is 3.76. The van der Waals surface area contributed by atoms with Gasteiger partial charge in [-0.2, -0.15) is 0 Å². The van der Waals surface area contributed by atoms with Crippen LogP contribution in [0.25, 0.3) is 0 Å². The molecule has 1 heterocycles. The van der Waals surface area contributed by atoms with Gasteiger partial charge in [-0.05, 0) is 24.3 Å². The highest BCUT2D eigenvalue weighted by atomic mass is 19.2. The van der Waals surface area contributed by atoms with Gasteiger partial charge in [-0.3, -0.25) is 9.78 Å². The van der Waals surface area contributed by atoms with Gasteiger partial charge in [0.15, 0.2) is 17.5 Å². The zero-order valence-electron chi connectivity index (χ0n) is 9.66. The Labute approximate surface area is 107 Å². The SMILES string of the molecule is O=C(NCc1ccccn1)c1cc(F)c(F)c(F)c1. The lowest BCUT2D eigenvalue weighted by Crippen LogP contribution is -2.23. The maximum absolute atomic E-state index is 13.0. The predicted molar refractivity (Wildman–Crippen MR) is 61.7 cm³/mol. The molecule has 1 aromatic carbocycles. The fourth-order valence-corrected chi connectivity index (χ4v) is 1.46. The highest BCUT2D eigenvalue weighted by Crippen LogP contribution is 2.13. The van der Waals surface area contributed by atoms with E-state index in [0.29, 0.717) is 17.8 Å². The van der Waals surface area contributed by atoms with Crippen molar-refractivity contribution < 1.29 is 18.0 Å². The van der Waals surface area contributed by atoms with Crippen molar-refractivity contribution in [2.24, 2.45) is 0 Å². The van der Waals surface area contributed by atoms with Crippen LogP contribution in [0, 0.1) is 17.5 Å². The summed E-state index contributed by atoms with van der Waals surface area (Å²) in [5.74, 6) is -5.10. The lowest BCUT2D eigenvalue weighted by molar-refractivity contribution is 0.0949. The zero-order valence-corrected chi connectivity index (χ0v) is 9.66. The van der Waals surface area contributed by atoms with Crippen LogP contribution in [-0.4, -0.2) is 10.9 Å². The fraction of sp³-hybridized carbons (Fsp3) is 0.0769. The Morgan fingerprint density at radius 1 is 1.16 bits per heavy atom. The normalized spacial score (nSPS) is 10.3. The number of nitrogens with one attached hydrogen (secondary N) is 1. The molecule has 0 aliphatic heterocycles. The number of halogens is 3. The molecule has 0 unspecified atom stereocenters. The molecule has 0 atom stereocenters. The molecular formula is C13H9F3N2O. The third-order valence-electron chi connectivity index (χ3n) is 2.40. The zero-order chi connectivity index (χ0) is 13.8. The third kappa shape index (κ3) is 3.09. The van der Waals surface area contributed by atoms with Crippen LogP contribution in [0.3, 0.4) is 0 Å². The molecule has 2 aromatic rings. The van der Waals surface area contributed by atoms with Crippen LogP contribution in [0.2, 0.25) is 0 Å². The lowest BCUT2D eigenvalue weighted by atomic mass is 10.2. The molecule has 0 bridgehead atoms. The topological polar surface area (TPSA) is 42.0 Å². The Hall–Kier alpha value is -2.37. The maximum atomic E-state index is 13.0. The number of amides is 1. The number of carbonyl (C=O) groups is 1. The smallest absolute Gasteiger partial charge is 0.251 e. The van der Waals surface area contributed by atoms with Crippen LogP contribution in [0.1, 0.15) is 16.1 Å². The fourth-order valence-electron chi connectivity index (χ4n) is 1.46. The summed E-state index contributed by atoms with van der Waals surface area (Å²) in [5, 5.41) is 2.43. The summed E-state index contributed by atoms with van der Waals surface area (Å²) in [6.45, 7) is 0.111. The van der Waals surface area contributed by atoms with Gasteiger partial charge in [-0.15, -0.1) is 0 Å². The molecule has 0 aliphatic rings. The second-order valence-corrected chi connectivity index (χ2v) is 3.76. The van der Waals surface area contributed by atoms with E-state index >= 15 is 0 Å². The number of hydrogen-bond donors (Lipinski definition) is 1. The first kappa shape index (κ1) is 13.1. The first-order valence-corrected chi connectivity index (χ1v) is 5.40. The molecule has 3 nitrogen and oxygen atoms in total. The van der Waals surface area contributed by atoms with Crippen molar-refractivity contribution in [1.82, 2.24) is 10.3 Å². The Bertz CT molecular complexity index is 579. The molecule has 19 heavy (non-hydrogen) atoms. The van der Waals surface area contributed by atoms with Crippen LogP contribution >= 0.6 is 0 Å². The van der Waals surface area contributed by atoms with E-state index in [1.54, 1.807) is 24.4 Å². The Morgan fingerprint density at radius 3 is 2.42 bits per heavy atom. The van der Waals surface area contributed by atoms with E-state index in [9.17, 15) is 18.0 Å². The molecule has 0 radical (unpaired) electrons. The number of nitrogens with zero attached hydrogens (tertiary/aromatic N) is 1. The van der Waals surface area contributed by atoms with Crippen molar-refractivity contribution in [2.75, 3.05) is 0 Å². The molecule has 0 saturated heterocycles. The van der Waals surface area contributed by atoms with Crippen LogP contribution in [0.15, 0.2) is 36.5 Å². The number of aromatic nitrogens is 1. The van der Waals surface area contributed by atoms with Gasteiger partial charge >= 0.3 is 0 Å². The van der Waals surface area contributed by atoms with Crippen LogP contribution in [-0.2, 0) is 6.54 Å². The van der Waals surface area contributed by atoms with Crippen molar-refractivity contribution in [3.63, 3.8) is 0 Å². The van der Waals surface area contributed by atoms with Gasteiger partial charge in [0.25, 0.3) is 5.91 Å². The third-order valence-corrected chi connectivity index (χ3v) is 2.40. The van der Waals surface area contributed by atoms with E-state index < -0.39 is 23.4 Å². The van der Waals surface area contributed by atoms with Gasteiger partial charge < -0.3 is 5.32 Å². The van der Waals surface area contributed by atoms with Crippen molar-refractivity contribution in [3.05, 3.63) is 65.2 Å². The summed E-state index contributed by atoms with van der Waals surface area (Å²) in [6.07, 6.45) is 1.55. The molecular weight excluding hydrogens is 257 g/mol. The van der Waals surface area contributed by atoms with E-state index in [0.717, 1.165) is 0 Å². The van der Waals surface area contributed by atoms with E-state index in [2.05, 4.69) is 10.3 Å². The minimum Gasteiger partial charge on any atom is -0.346 e. The van der Waals surface area contributed by atoms with Crippen molar-refractivity contribution in [3.8, 4) is 0 Å². The molecule has 98 valence electrons. The average Bonchev–Trinajstić information content (AvgIpc) is 2.42. The molecule has 1 amide bonds. The molecule has 0 fully saturated rings. The van der Waals surface area contributed by atoms with E-state index in [1.807, 2.05) is 0 Å². The quantitative estimate of drug-likeness (QED) is 0.867. The molecule has 1 aromatic heterocycles. The van der Waals surface area contributed by atoms with Gasteiger partial charge in [-0.25, -0.2) is 13.2 Å². The first-order chi connectivity index (χ1) is 9.08. The number of hydrogen-bond acceptors (Lipinski definition) is 2. The standard InChI is InChI=1S/C13H9F3N2O/c14-10-5-8(6-11(15)12(10)16)13(19)18-7-9-3-1-2-4-17-9/h1-6H,7H2,(H,18,19). The molecule has 1 N–H and O–H groups in total. The van der Waals surface area contributed by atoms with Gasteiger partial charge in [0.05, 0.1) is 12.2 Å². The number of pyridine rings is 1. The van der Waals surface area contributed by atoms with E-state index in [-0.39, 0.29) is 12.1 Å². The first-order valence-electron chi connectivity index (χ1n) is 5.40. The summed E-state index contributed by atoms with van der Waals surface area (Å²) < 4.78 is 38.6. The van der Waals surface area contributed by atoms with E-state index in [1.165, 1.54) is 0 Å². The largest absolute Gasteiger partial charge is 0.346 e. The Kier molecular flexibility index (Phi) is 3.79. The van der Waals surface area contributed by atoms with Crippen LogP contribution < -0.4 is 5.32 Å². The minimum atomic E-state index is -1.60. The molecule has 0 saturated carbocycles. The summed E-state index contributed by atoms with van der Waals surface area (Å²) in [7, 11) is 0. The number of rotatable bonds is 3. The second kappa shape index (κ2) is 5.51. The lowest BCUT2D eigenvalue weighted by Gasteiger charge is -2.05. The van der Waals surface area contributed by atoms with Gasteiger partial charge in [0.2, 0.25) is 0 Å². The number of carbonyl (C=O) groups excluding carboxylic acids is 1. The summed E-state index contributed by atoms with van der Waals surface area (Å²) >= 11 is 0. The van der Waals surface area contributed by atoms with Gasteiger partial charge in [0, 0.05) is 11.8 Å². The van der Waals surface area contributed by atoms with Crippen molar-refractivity contribution in [1.29, 1.82) is 0 Å². The van der Waals surface area contributed by atoms with Gasteiger partial charge in [-0.1, -0.05) is 6.07 Å². The highest BCUT2D eigenvalue weighted by molar-refractivity contribution is 5.94.